The third kappa shape index (κ3) is 7.81. The number of esters is 1. The van der Waals surface area contributed by atoms with Crippen LogP contribution in [0, 0.1) is 10.8 Å². The molecular formula is C22H38O11. The zero-order valence-corrected chi connectivity index (χ0v) is 19.9. The van der Waals surface area contributed by atoms with Gasteiger partial charge in [0.25, 0.3) is 11.9 Å². The molecule has 0 saturated carbocycles. The molecule has 0 radical (unpaired) electrons. The quantitative estimate of drug-likeness (QED) is 0.336. The van der Waals surface area contributed by atoms with Crippen molar-refractivity contribution >= 4 is 5.97 Å². The number of hydrogen-bond acceptors (Lipinski definition) is 11. The maximum Gasteiger partial charge on any atom is 0.302 e. The number of fused-ring (bicyclic) bond motifs is 6. The average molecular weight is 479 g/mol. The SMILES string of the molecule is CC(=O)OCCOCCC12OCC(C)(CO1)CO2.CC12COC(CCOCCO)(OC1)OC2. The van der Waals surface area contributed by atoms with E-state index in [1.807, 2.05) is 0 Å². The second kappa shape index (κ2) is 11.7. The van der Waals surface area contributed by atoms with Crippen molar-refractivity contribution in [1.82, 2.24) is 0 Å². The highest BCUT2D eigenvalue weighted by Crippen LogP contribution is 2.40. The van der Waals surface area contributed by atoms with Crippen molar-refractivity contribution in [3.8, 4) is 0 Å². The van der Waals surface area contributed by atoms with Gasteiger partial charge in [-0.05, 0) is 0 Å². The van der Waals surface area contributed by atoms with Gasteiger partial charge in [0.15, 0.2) is 0 Å². The first kappa shape index (κ1) is 26.7. The van der Waals surface area contributed by atoms with E-state index in [1.165, 1.54) is 6.92 Å². The van der Waals surface area contributed by atoms with E-state index in [0.717, 1.165) is 0 Å². The van der Waals surface area contributed by atoms with Crippen LogP contribution in [0.2, 0.25) is 0 Å². The zero-order chi connectivity index (χ0) is 23.8. The van der Waals surface area contributed by atoms with Crippen LogP contribution in [0.4, 0.5) is 0 Å². The molecule has 0 unspecified atom stereocenters. The zero-order valence-electron chi connectivity index (χ0n) is 19.9. The molecule has 6 aliphatic heterocycles. The molecule has 6 saturated heterocycles. The van der Waals surface area contributed by atoms with E-state index in [1.54, 1.807) is 0 Å². The lowest BCUT2D eigenvalue weighted by Crippen LogP contribution is -2.59. The molecule has 0 aliphatic carbocycles. The maximum atomic E-state index is 10.5. The summed E-state index contributed by atoms with van der Waals surface area (Å²) in [6.45, 7) is 11.4. The lowest BCUT2D eigenvalue weighted by atomic mass is 9.91. The van der Waals surface area contributed by atoms with Gasteiger partial charge in [-0.3, -0.25) is 4.79 Å². The minimum absolute atomic E-state index is 0.00764. The average Bonchev–Trinajstić information content (AvgIpc) is 2.82. The number of ether oxygens (including phenoxy) is 9. The molecule has 11 heteroatoms. The number of aliphatic hydroxyl groups is 1. The molecule has 0 aromatic carbocycles. The molecule has 6 rings (SSSR count). The number of carbonyl (C=O) groups is 1. The van der Waals surface area contributed by atoms with E-state index in [0.29, 0.717) is 78.9 Å². The third-order valence-electron chi connectivity index (χ3n) is 5.72. The van der Waals surface area contributed by atoms with Gasteiger partial charge in [0.05, 0.1) is 85.5 Å². The van der Waals surface area contributed by atoms with Gasteiger partial charge in [0.2, 0.25) is 0 Å². The smallest absolute Gasteiger partial charge is 0.302 e. The fourth-order valence-electron chi connectivity index (χ4n) is 3.55. The molecule has 0 aromatic rings. The van der Waals surface area contributed by atoms with Gasteiger partial charge < -0.3 is 47.7 Å². The lowest BCUT2D eigenvalue weighted by molar-refractivity contribution is -0.469. The van der Waals surface area contributed by atoms with Gasteiger partial charge in [-0.15, -0.1) is 0 Å². The predicted molar refractivity (Wildman–Crippen MR) is 112 cm³/mol. The Labute approximate surface area is 194 Å². The topological polar surface area (TPSA) is 120 Å². The molecule has 192 valence electrons. The van der Waals surface area contributed by atoms with E-state index in [-0.39, 0.29) is 30.0 Å². The largest absolute Gasteiger partial charge is 0.463 e. The van der Waals surface area contributed by atoms with Crippen molar-refractivity contribution in [2.24, 2.45) is 10.8 Å². The molecule has 6 fully saturated rings. The van der Waals surface area contributed by atoms with Gasteiger partial charge in [0.1, 0.15) is 6.61 Å². The maximum absolute atomic E-state index is 10.5. The van der Waals surface area contributed by atoms with Crippen LogP contribution in [0.5, 0.6) is 0 Å². The Morgan fingerprint density at radius 3 is 1.45 bits per heavy atom. The lowest BCUT2D eigenvalue weighted by Gasteiger charge is -2.50. The normalized spacial score (nSPS) is 36.8. The minimum atomic E-state index is -0.931. The predicted octanol–water partition coefficient (Wildman–Crippen LogP) is 0.816. The molecule has 0 amide bonds. The van der Waals surface area contributed by atoms with E-state index < -0.39 is 11.9 Å². The number of aliphatic hydroxyl groups excluding tert-OH is 1. The molecule has 0 aromatic heterocycles. The standard InChI is InChI=1S/C12H20O6.C10H18O5/c1-10(13)15-6-5-14-4-3-12-16-7-11(2,8-17-12)9-18-12;1-9-6-13-10(14-7-9,15-8-9)2-4-12-5-3-11/h3-9H2,1-2H3;11H,2-8H2,1H3. The molecule has 11 nitrogen and oxygen atoms in total. The number of carbonyl (C=O) groups excluding carboxylic acids is 1. The van der Waals surface area contributed by atoms with Crippen molar-refractivity contribution in [3.05, 3.63) is 0 Å². The van der Waals surface area contributed by atoms with Crippen molar-refractivity contribution in [3.63, 3.8) is 0 Å². The van der Waals surface area contributed by atoms with E-state index in [4.69, 9.17) is 47.7 Å². The summed E-state index contributed by atoms with van der Waals surface area (Å²) >= 11 is 0. The van der Waals surface area contributed by atoms with Crippen LogP contribution in [0.25, 0.3) is 0 Å². The van der Waals surface area contributed by atoms with E-state index in [9.17, 15) is 4.79 Å². The number of hydrogen-bond donors (Lipinski definition) is 1. The molecule has 6 aliphatic rings. The monoisotopic (exact) mass is 478 g/mol. The summed E-state index contributed by atoms with van der Waals surface area (Å²) in [6, 6.07) is 0. The highest BCUT2D eigenvalue weighted by Gasteiger charge is 2.51. The van der Waals surface area contributed by atoms with Gasteiger partial charge >= 0.3 is 5.97 Å². The van der Waals surface area contributed by atoms with Crippen molar-refractivity contribution in [2.75, 3.05) is 79.3 Å². The van der Waals surface area contributed by atoms with Crippen LogP contribution < -0.4 is 0 Å². The second-order valence-corrected chi connectivity index (χ2v) is 9.51. The highest BCUT2D eigenvalue weighted by molar-refractivity contribution is 5.65. The molecular weight excluding hydrogens is 440 g/mol. The van der Waals surface area contributed by atoms with Crippen LogP contribution >= 0.6 is 0 Å². The van der Waals surface area contributed by atoms with Crippen LogP contribution in [0.15, 0.2) is 0 Å². The Bertz CT molecular complexity index is 576. The van der Waals surface area contributed by atoms with Crippen molar-refractivity contribution < 1.29 is 52.5 Å². The van der Waals surface area contributed by atoms with Gasteiger partial charge in [-0.1, -0.05) is 13.8 Å². The third-order valence-corrected chi connectivity index (χ3v) is 5.72. The van der Waals surface area contributed by atoms with Gasteiger partial charge in [0, 0.05) is 17.8 Å². The fourth-order valence-corrected chi connectivity index (χ4v) is 3.55. The summed E-state index contributed by atoms with van der Waals surface area (Å²) in [5, 5.41) is 8.55. The van der Waals surface area contributed by atoms with Crippen LogP contribution in [-0.2, 0) is 47.4 Å². The van der Waals surface area contributed by atoms with Crippen LogP contribution in [0.1, 0.15) is 33.6 Å². The summed E-state index contributed by atoms with van der Waals surface area (Å²) < 4.78 is 48.7. The Balaban J connectivity index is 0.000000189. The summed E-state index contributed by atoms with van der Waals surface area (Å²) in [5.41, 5.74) is -0.00829. The van der Waals surface area contributed by atoms with Crippen LogP contribution in [-0.4, -0.2) is 102 Å². The minimum Gasteiger partial charge on any atom is -0.463 e. The summed E-state index contributed by atoms with van der Waals surface area (Å²) in [6.07, 6.45) is 1.06. The summed E-state index contributed by atoms with van der Waals surface area (Å²) in [7, 11) is 0. The summed E-state index contributed by atoms with van der Waals surface area (Å²) in [4.78, 5) is 10.5. The Hall–Kier alpha value is -0.890. The van der Waals surface area contributed by atoms with Crippen molar-refractivity contribution in [1.29, 1.82) is 0 Å². The van der Waals surface area contributed by atoms with Crippen molar-refractivity contribution in [2.45, 2.75) is 45.6 Å². The first-order valence-corrected chi connectivity index (χ1v) is 11.5. The molecule has 0 atom stereocenters. The van der Waals surface area contributed by atoms with Gasteiger partial charge in [-0.25, -0.2) is 0 Å². The highest BCUT2D eigenvalue weighted by atomic mass is 16.9. The Morgan fingerprint density at radius 1 is 0.697 bits per heavy atom. The molecule has 0 spiro atoms. The summed E-state index contributed by atoms with van der Waals surface area (Å²) in [5.74, 6) is -2.13. The fraction of sp³-hybridized carbons (Fsp3) is 0.955. The van der Waals surface area contributed by atoms with Gasteiger partial charge in [-0.2, -0.15) is 0 Å². The Morgan fingerprint density at radius 2 is 1.09 bits per heavy atom. The Kier molecular flexibility index (Phi) is 9.47. The number of rotatable bonds is 11. The molecule has 33 heavy (non-hydrogen) atoms. The first-order valence-electron chi connectivity index (χ1n) is 11.5. The van der Waals surface area contributed by atoms with Crippen LogP contribution in [0.3, 0.4) is 0 Å². The second-order valence-electron chi connectivity index (χ2n) is 9.51. The van der Waals surface area contributed by atoms with E-state index >= 15 is 0 Å². The van der Waals surface area contributed by atoms with E-state index in [2.05, 4.69) is 13.8 Å². The molecule has 1 N–H and O–H groups in total. The first-order chi connectivity index (χ1) is 15.7. The molecule has 4 bridgehead atoms. The molecule has 6 heterocycles.